The molecule has 0 radical (unpaired) electrons. The van der Waals surface area contributed by atoms with Gasteiger partial charge in [-0.15, -0.1) is 11.6 Å². The molecule has 0 nitrogen and oxygen atoms in total. The summed E-state index contributed by atoms with van der Waals surface area (Å²) in [5.41, 5.74) is 1.26. The minimum Gasteiger partial charge on any atom is -0.126 e. The lowest BCUT2D eigenvalue weighted by atomic mass is 9.77. The van der Waals surface area contributed by atoms with Gasteiger partial charge in [0.2, 0.25) is 0 Å². The molecule has 1 aromatic rings. The standard InChI is InChI=1S/C15H21Cl3/c1-3-5-8-15(4-2,11-16)10-12-9-13(17)6-7-14(12)18/h6-7,9H,3-5,8,10-11H2,1-2H3. The van der Waals surface area contributed by atoms with Gasteiger partial charge in [0, 0.05) is 15.9 Å². The van der Waals surface area contributed by atoms with E-state index in [-0.39, 0.29) is 5.41 Å². The molecule has 0 aliphatic heterocycles. The summed E-state index contributed by atoms with van der Waals surface area (Å²) < 4.78 is 0. The topological polar surface area (TPSA) is 0 Å². The number of halogens is 3. The average Bonchev–Trinajstić information content (AvgIpc) is 2.39. The Bertz CT molecular complexity index is 370. The Morgan fingerprint density at radius 1 is 1.17 bits per heavy atom. The van der Waals surface area contributed by atoms with E-state index >= 15 is 0 Å². The van der Waals surface area contributed by atoms with Crippen LogP contribution in [-0.2, 0) is 6.42 Å². The van der Waals surface area contributed by atoms with Crippen LogP contribution in [0.25, 0.3) is 0 Å². The van der Waals surface area contributed by atoms with Crippen molar-refractivity contribution in [3.05, 3.63) is 33.8 Å². The maximum atomic E-state index is 6.25. The third kappa shape index (κ3) is 4.33. The summed E-state index contributed by atoms with van der Waals surface area (Å²) in [5.74, 6) is 0.673. The molecular weight excluding hydrogens is 287 g/mol. The first-order valence-electron chi connectivity index (χ1n) is 6.57. The Balaban J connectivity index is 2.91. The zero-order chi connectivity index (χ0) is 13.6. The minimum absolute atomic E-state index is 0.145. The number of hydrogen-bond donors (Lipinski definition) is 0. The van der Waals surface area contributed by atoms with Crippen LogP contribution >= 0.6 is 34.8 Å². The normalized spacial score (nSPS) is 14.5. The van der Waals surface area contributed by atoms with Gasteiger partial charge in [-0.2, -0.15) is 0 Å². The zero-order valence-electron chi connectivity index (χ0n) is 11.1. The Morgan fingerprint density at radius 3 is 2.44 bits per heavy atom. The second-order valence-corrected chi connectivity index (χ2v) is 6.11. The Hall–Kier alpha value is 0.0900. The van der Waals surface area contributed by atoms with Gasteiger partial charge in [0.05, 0.1) is 0 Å². The highest BCUT2D eigenvalue weighted by atomic mass is 35.5. The molecule has 0 bridgehead atoms. The summed E-state index contributed by atoms with van der Waals surface area (Å²) in [6.07, 6.45) is 5.53. The Morgan fingerprint density at radius 2 is 1.89 bits per heavy atom. The summed E-state index contributed by atoms with van der Waals surface area (Å²) in [5, 5.41) is 1.53. The average molecular weight is 308 g/mol. The van der Waals surface area contributed by atoms with Crippen LogP contribution in [0.1, 0.15) is 45.1 Å². The molecule has 1 aromatic carbocycles. The molecule has 0 saturated carbocycles. The quantitative estimate of drug-likeness (QED) is 0.514. The van der Waals surface area contributed by atoms with Crippen molar-refractivity contribution < 1.29 is 0 Å². The summed E-state index contributed by atoms with van der Waals surface area (Å²) in [7, 11) is 0. The van der Waals surface area contributed by atoms with Crippen molar-refractivity contribution >= 4 is 34.8 Å². The maximum Gasteiger partial charge on any atom is 0.0439 e. The number of benzene rings is 1. The van der Waals surface area contributed by atoms with E-state index in [9.17, 15) is 0 Å². The summed E-state index contributed by atoms with van der Waals surface area (Å²) in [4.78, 5) is 0. The number of hydrogen-bond acceptors (Lipinski definition) is 0. The molecule has 0 heterocycles. The Kier molecular flexibility index (Phi) is 6.84. The molecule has 3 heteroatoms. The fourth-order valence-corrected chi connectivity index (χ4v) is 3.03. The van der Waals surface area contributed by atoms with Crippen LogP contribution in [0.3, 0.4) is 0 Å². The molecule has 0 aliphatic carbocycles. The van der Waals surface area contributed by atoms with Gasteiger partial charge in [0.1, 0.15) is 0 Å². The van der Waals surface area contributed by atoms with Gasteiger partial charge in [-0.1, -0.05) is 49.9 Å². The predicted octanol–water partition coefficient (Wildman–Crippen LogP) is 6.36. The maximum absolute atomic E-state index is 6.25. The highest BCUT2D eigenvalue weighted by Crippen LogP contribution is 2.36. The zero-order valence-corrected chi connectivity index (χ0v) is 13.4. The highest BCUT2D eigenvalue weighted by molar-refractivity contribution is 6.33. The molecule has 0 saturated heterocycles. The predicted molar refractivity (Wildman–Crippen MR) is 83.1 cm³/mol. The molecule has 0 spiro atoms. The first-order valence-corrected chi connectivity index (χ1v) is 7.86. The second kappa shape index (κ2) is 7.62. The molecule has 18 heavy (non-hydrogen) atoms. The van der Waals surface area contributed by atoms with Crippen LogP contribution in [0.5, 0.6) is 0 Å². The van der Waals surface area contributed by atoms with Crippen LogP contribution in [0, 0.1) is 5.41 Å². The third-order valence-corrected chi connectivity index (χ3v) is 4.84. The van der Waals surface area contributed by atoms with E-state index in [1.807, 2.05) is 18.2 Å². The lowest BCUT2D eigenvalue weighted by Crippen LogP contribution is -2.25. The Labute approximate surface area is 126 Å². The SMILES string of the molecule is CCCCC(CC)(CCl)Cc1cc(Cl)ccc1Cl. The molecular formula is C15H21Cl3. The smallest absolute Gasteiger partial charge is 0.0439 e. The van der Waals surface area contributed by atoms with E-state index in [1.165, 1.54) is 12.8 Å². The monoisotopic (exact) mass is 306 g/mol. The van der Waals surface area contributed by atoms with E-state index in [1.54, 1.807) is 0 Å². The van der Waals surface area contributed by atoms with Crippen LogP contribution < -0.4 is 0 Å². The van der Waals surface area contributed by atoms with E-state index in [0.717, 1.165) is 34.9 Å². The lowest BCUT2D eigenvalue weighted by molar-refractivity contribution is 0.279. The van der Waals surface area contributed by atoms with Crippen LogP contribution in [0.2, 0.25) is 10.0 Å². The van der Waals surface area contributed by atoms with E-state index in [2.05, 4.69) is 13.8 Å². The van der Waals surface area contributed by atoms with Crippen molar-refractivity contribution in [2.75, 3.05) is 5.88 Å². The van der Waals surface area contributed by atoms with Crippen molar-refractivity contribution in [2.45, 2.75) is 46.0 Å². The molecule has 1 atom stereocenters. The van der Waals surface area contributed by atoms with E-state index in [0.29, 0.717) is 5.88 Å². The van der Waals surface area contributed by atoms with Gasteiger partial charge in [-0.05, 0) is 48.4 Å². The van der Waals surface area contributed by atoms with Crippen LogP contribution in [-0.4, -0.2) is 5.88 Å². The van der Waals surface area contributed by atoms with Crippen molar-refractivity contribution in [2.24, 2.45) is 5.41 Å². The van der Waals surface area contributed by atoms with Crippen molar-refractivity contribution in [3.8, 4) is 0 Å². The van der Waals surface area contributed by atoms with Gasteiger partial charge in [0.25, 0.3) is 0 Å². The number of alkyl halides is 1. The molecule has 0 aromatic heterocycles. The van der Waals surface area contributed by atoms with Gasteiger partial charge < -0.3 is 0 Å². The minimum atomic E-state index is 0.145. The van der Waals surface area contributed by atoms with Crippen molar-refractivity contribution in [1.29, 1.82) is 0 Å². The third-order valence-electron chi connectivity index (χ3n) is 3.67. The highest BCUT2D eigenvalue weighted by Gasteiger charge is 2.27. The van der Waals surface area contributed by atoms with Crippen LogP contribution in [0.4, 0.5) is 0 Å². The molecule has 0 fully saturated rings. The van der Waals surface area contributed by atoms with Gasteiger partial charge in [-0.25, -0.2) is 0 Å². The second-order valence-electron chi connectivity index (χ2n) is 5.00. The molecule has 0 aliphatic rings. The molecule has 102 valence electrons. The molecule has 1 unspecified atom stereocenters. The van der Waals surface area contributed by atoms with Gasteiger partial charge in [-0.3, -0.25) is 0 Å². The number of rotatable bonds is 7. The first kappa shape index (κ1) is 16.1. The lowest BCUT2D eigenvalue weighted by Gasteiger charge is -2.31. The number of unbranched alkanes of at least 4 members (excludes halogenated alkanes) is 1. The van der Waals surface area contributed by atoms with Crippen molar-refractivity contribution in [1.82, 2.24) is 0 Å². The van der Waals surface area contributed by atoms with Crippen molar-refractivity contribution in [3.63, 3.8) is 0 Å². The molecule has 0 N–H and O–H groups in total. The van der Waals surface area contributed by atoms with E-state index in [4.69, 9.17) is 34.8 Å². The van der Waals surface area contributed by atoms with Gasteiger partial charge >= 0.3 is 0 Å². The van der Waals surface area contributed by atoms with Crippen LogP contribution in [0.15, 0.2) is 18.2 Å². The first-order chi connectivity index (χ1) is 8.56. The van der Waals surface area contributed by atoms with Gasteiger partial charge in [0.15, 0.2) is 0 Å². The summed E-state index contributed by atoms with van der Waals surface area (Å²) in [6, 6.07) is 5.66. The fourth-order valence-electron chi connectivity index (χ4n) is 2.23. The summed E-state index contributed by atoms with van der Waals surface area (Å²) >= 11 is 18.5. The summed E-state index contributed by atoms with van der Waals surface area (Å²) in [6.45, 7) is 4.41. The van der Waals surface area contributed by atoms with E-state index < -0.39 is 0 Å². The largest absolute Gasteiger partial charge is 0.126 e. The molecule has 1 rings (SSSR count). The fraction of sp³-hybridized carbons (Fsp3) is 0.600. The molecule has 0 amide bonds.